The number of ether oxygens (including phenoxy) is 2. The van der Waals surface area contributed by atoms with Crippen LogP contribution >= 0.6 is 11.8 Å². The van der Waals surface area contributed by atoms with E-state index in [1.807, 2.05) is 24.3 Å². The monoisotopic (exact) mass is 461 g/mol. The lowest BCUT2D eigenvalue weighted by Gasteiger charge is -2.08. The molecule has 1 N–H and O–H groups in total. The third-order valence-electron chi connectivity index (χ3n) is 4.61. The lowest BCUT2D eigenvalue weighted by Crippen LogP contribution is -2.12. The first kappa shape index (κ1) is 23.8. The van der Waals surface area contributed by atoms with E-state index in [1.165, 1.54) is 11.8 Å². The molecule has 3 aromatic rings. The van der Waals surface area contributed by atoms with Gasteiger partial charge in [-0.2, -0.15) is 5.26 Å². The van der Waals surface area contributed by atoms with Crippen molar-refractivity contribution in [1.82, 2.24) is 4.98 Å². The van der Waals surface area contributed by atoms with Crippen LogP contribution in [0.4, 0.5) is 5.69 Å². The summed E-state index contributed by atoms with van der Waals surface area (Å²) in [4.78, 5) is 28.6. The van der Waals surface area contributed by atoms with Gasteiger partial charge in [0.2, 0.25) is 5.91 Å². The van der Waals surface area contributed by atoms with Gasteiger partial charge in [0.15, 0.2) is 0 Å². The van der Waals surface area contributed by atoms with Crippen molar-refractivity contribution in [2.45, 2.75) is 18.4 Å². The zero-order chi connectivity index (χ0) is 23.6. The molecule has 0 aliphatic heterocycles. The van der Waals surface area contributed by atoms with Crippen LogP contribution in [0.15, 0.2) is 65.7 Å². The zero-order valence-corrected chi connectivity index (χ0v) is 19.1. The molecule has 0 spiro atoms. The Morgan fingerprint density at radius 1 is 1.06 bits per heavy atom. The summed E-state index contributed by atoms with van der Waals surface area (Å²) in [6.45, 7) is 2.05. The fraction of sp³-hybridized carbons (Fsp3) is 0.200. The van der Waals surface area contributed by atoms with Crippen molar-refractivity contribution >= 4 is 29.3 Å². The van der Waals surface area contributed by atoms with Gasteiger partial charge in [0.05, 0.1) is 30.5 Å². The van der Waals surface area contributed by atoms with Crippen LogP contribution in [0.5, 0.6) is 5.75 Å². The maximum atomic E-state index is 12.3. The largest absolute Gasteiger partial charge is 0.497 e. The number of carbonyl (C=O) groups is 2. The maximum absolute atomic E-state index is 12.3. The lowest BCUT2D eigenvalue weighted by atomic mass is 10.1. The number of nitrogens with one attached hydrogen (secondary N) is 1. The minimum absolute atomic E-state index is 0.170. The SMILES string of the molecule is CCOC(=O)c1ccc(NC(=O)CCSc2nc(-c3ccc(OC)cc3)ccc2C#N)cc1. The summed E-state index contributed by atoms with van der Waals surface area (Å²) in [5, 5.41) is 12.8. The van der Waals surface area contributed by atoms with Gasteiger partial charge in [-0.3, -0.25) is 4.79 Å². The molecule has 0 fully saturated rings. The van der Waals surface area contributed by atoms with E-state index < -0.39 is 5.97 Å². The number of nitriles is 1. The molecule has 7 nitrogen and oxygen atoms in total. The van der Waals surface area contributed by atoms with Gasteiger partial charge < -0.3 is 14.8 Å². The number of nitrogens with zero attached hydrogens (tertiary/aromatic N) is 2. The molecule has 0 unspecified atom stereocenters. The number of methoxy groups -OCH3 is 1. The zero-order valence-electron chi connectivity index (χ0n) is 18.3. The van der Waals surface area contributed by atoms with Gasteiger partial charge in [0, 0.05) is 23.4 Å². The number of benzene rings is 2. The molecular formula is C25H23N3O4S. The van der Waals surface area contributed by atoms with Gasteiger partial charge in [0.25, 0.3) is 0 Å². The molecule has 0 aliphatic carbocycles. The van der Waals surface area contributed by atoms with E-state index in [2.05, 4.69) is 16.4 Å². The minimum atomic E-state index is -0.399. The quantitative estimate of drug-likeness (QED) is 0.356. The highest BCUT2D eigenvalue weighted by Crippen LogP contribution is 2.27. The maximum Gasteiger partial charge on any atom is 0.338 e. The number of hydrogen-bond donors (Lipinski definition) is 1. The van der Waals surface area contributed by atoms with Crippen LogP contribution in [-0.4, -0.2) is 36.3 Å². The molecule has 1 amide bonds. The summed E-state index contributed by atoms with van der Waals surface area (Å²) in [6.07, 6.45) is 0.240. The molecule has 0 aliphatic rings. The van der Waals surface area contributed by atoms with Gasteiger partial charge in [0.1, 0.15) is 16.8 Å². The predicted octanol–water partition coefficient (Wildman–Crippen LogP) is 4.93. The van der Waals surface area contributed by atoms with E-state index >= 15 is 0 Å². The molecule has 1 aromatic heterocycles. The van der Waals surface area contributed by atoms with Crippen molar-refractivity contribution in [3.63, 3.8) is 0 Å². The average molecular weight is 462 g/mol. The number of esters is 1. The normalized spacial score (nSPS) is 10.2. The second-order valence-electron chi connectivity index (χ2n) is 6.83. The van der Waals surface area contributed by atoms with Gasteiger partial charge in [-0.25, -0.2) is 9.78 Å². The van der Waals surface area contributed by atoms with E-state index in [-0.39, 0.29) is 12.3 Å². The number of aromatic nitrogens is 1. The number of anilines is 1. The predicted molar refractivity (Wildman–Crippen MR) is 127 cm³/mol. The number of rotatable bonds is 9. The van der Waals surface area contributed by atoms with Crippen molar-refractivity contribution < 1.29 is 19.1 Å². The third kappa shape index (κ3) is 6.57. The Balaban J connectivity index is 1.58. The Labute approximate surface area is 196 Å². The smallest absolute Gasteiger partial charge is 0.338 e. The van der Waals surface area contributed by atoms with Gasteiger partial charge in [-0.15, -0.1) is 11.8 Å². The van der Waals surface area contributed by atoms with Crippen LogP contribution in [-0.2, 0) is 9.53 Å². The van der Waals surface area contributed by atoms with Crippen LogP contribution in [0.25, 0.3) is 11.3 Å². The van der Waals surface area contributed by atoms with Crippen LogP contribution in [0.2, 0.25) is 0 Å². The van der Waals surface area contributed by atoms with Crippen molar-refractivity contribution in [2.75, 3.05) is 24.8 Å². The van der Waals surface area contributed by atoms with Crippen molar-refractivity contribution in [3.8, 4) is 23.1 Å². The molecule has 8 heteroatoms. The summed E-state index contributed by atoms with van der Waals surface area (Å²) in [6, 6.07) is 19.7. The Morgan fingerprint density at radius 2 is 1.79 bits per heavy atom. The summed E-state index contributed by atoms with van der Waals surface area (Å²) >= 11 is 1.36. The van der Waals surface area contributed by atoms with Crippen LogP contribution in [0, 0.1) is 11.3 Å². The van der Waals surface area contributed by atoms with Crippen molar-refractivity contribution in [3.05, 3.63) is 71.8 Å². The van der Waals surface area contributed by atoms with Gasteiger partial charge in [-0.1, -0.05) is 0 Å². The highest BCUT2D eigenvalue weighted by molar-refractivity contribution is 7.99. The summed E-state index contributed by atoms with van der Waals surface area (Å²) < 4.78 is 10.1. The van der Waals surface area contributed by atoms with Gasteiger partial charge in [-0.05, 0) is 67.6 Å². The second-order valence-corrected chi connectivity index (χ2v) is 7.92. The summed E-state index contributed by atoms with van der Waals surface area (Å²) in [5.41, 5.74) is 3.14. The molecule has 1 heterocycles. The van der Waals surface area contributed by atoms with E-state index in [9.17, 15) is 14.9 Å². The van der Waals surface area contributed by atoms with Crippen LogP contribution < -0.4 is 10.1 Å². The van der Waals surface area contributed by atoms with Crippen LogP contribution in [0.3, 0.4) is 0 Å². The Kier molecular flexibility index (Phi) is 8.44. The molecule has 168 valence electrons. The number of hydrogen-bond acceptors (Lipinski definition) is 7. The van der Waals surface area contributed by atoms with Crippen LogP contribution in [0.1, 0.15) is 29.3 Å². The first-order chi connectivity index (χ1) is 16.0. The molecule has 0 atom stereocenters. The molecule has 0 bridgehead atoms. The highest BCUT2D eigenvalue weighted by Gasteiger charge is 2.11. The molecule has 3 rings (SSSR count). The fourth-order valence-electron chi connectivity index (χ4n) is 2.93. The van der Waals surface area contributed by atoms with E-state index in [4.69, 9.17) is 9.47 Å². The minimum Gasteiger partial charge on any atom is -0.497 e. The standard InChI is InChI=1S/C25H23N3O4S/c1-3-32-25(30)18-4-9-20(10-5-18)27-23(29)14-15-33-24-19(16-26)8-13-22(28-24)17-6-11-21(31-2)12-7-17/h4-13H,3,14-15H2,1-2H3,(H,27,29). The van der Waals surface area contributed by atoms with Crippen molar-refractivity contribution in [2.24, 2.45) is 0 Å². The third-order valence-corrected chi connectivity index (χ3v) is 5.61. The topological polar surface area (TPSA) is 101 Å². The summed E-state index contributed by atoms with van der Waals surface area (Å²) in [7, 11) is 1.61. The Hall–Kier alpha value is -3.83. The molecule has 0 saturated heterocycles. The van der Waals surface area contributed by atoms with E-state index in [0.29, 0.717) is 34.2 Å². The van der Waals surface area contributed by atoms with E-state index in [1.54, 1.807) is 50.4 Å². The van der Waals surface area contributed by atoms with E-state index in [0.717, 1.165) is 17.0 Å². The molecule has 0 radical (unpaired) electrons. The first-order valence-corrected chi connectivity index (χ1v) is 11.3. The Bertz CT molecular complexity index is 1160. The Morgan fingerprint density at radius 3 is 2.42 bits per heavy atom. The fourth-order valence-corrected chi connectivity index (χ4v) is 3.84. The second kappa shape index (κ2) is 11.7. The lowest BCUT2D eigenvalue weighted by molar-refractivity contribution is -0.115. The molecule has 0 saturated carbocycles. The molecule has 33 heavy (non-hydrogen) atoms. The number of pyridine rings is 1. The number of carbonyl (C=O) groups excluding carboxylic acids is 2. The van der Waals surface area contributed by atoms with Gasteiger partial charge >= 0.3 is 5.97 Å². The summed E-state index contributed by atoms with van der Waals surface area (Å²) in [5.74, 6) is 0.643. The molecule has 2 aromatic carbocycles. The first-order valence-electron chi connectivity index (χ1n) is 10.3. The average Bonchev–Trinajstić information content (AvgIpc) is 2.84. The van der Waals surface area contributed by atoms with Crippen molar-refractivity contribution in [1.29, 1.82) is 5.26 Å². The number of thioether (sulfide) groups is 1. The number of amides is 1. The highest BCUT2D eigenvalue weighted by atomic mass is 32.2. The molecular weight excluding hydrogens is 438 g/mol.